The van der Waals surface area contributed by atoms with Crippen molar-refractivity contribution in [2.45, 2.75) is 32.9 Å². The zero-order valence-corrected chi connectivity index (χ0v) is 13.7. The highest BCUT2D eigenvalue weighted by Gasteiger charge is 2.13. The summed E-state index contributed by atoms with van der Waals surface area (Å²) in [5.41, 5.74) is 1.37. The number of anilines is 1. The van der Waals surface area contributed by atoms with E-state index < -0.39 is 0 Å². The molecule has 1 unspecified atom stereocenters. The Kier molecular flexibility index (Phi) is 4.77. The van der Waals surface area contributed by atoms with Crippen LogP contribution in [0.25, 0.3) is 0 Å². The maximum absolute atomic E-state index is 12.9. The maximum Gasteiger partial charge on any atom is 0.283 e. The van der Waals surface area contributed by atoms with Gasteiger partial charge in [0.05, 0.1) is 17.9 Å². The van der Waals surface area contributed by atoms with E-state index in [9.17, 15) is 9.18 Å². The lowest BCUT2D eigenvalue weighted by Gasteiger charge is -2.17. The van der Waals surface area contributed by atoms with E-state index in [1.807, 2.05) is 20.8 Å². The molecule has 1 aromatic carbocycles. The van der Waals surface area contributed by atoms with E-state index in [4.69, 9.17) is 0 Å². The fourth-order valence-electron chi connectivity index (χ4n) is 1.98. The lowest BCUT2D eigenvalue weighted by atomic mass is 10.1. The van der Waals surface area contributed by atoms with Crippen LogP contribution in [0.2, 0.25) is 0 Å². The van der Waals surface area contributed by atoms with Crippen LogP contribution < -0.4 is 10.9 Å². The standard InChI is InChI=1S/C15H17BrFN3O/c1-9(2)20-15(21)14(16)13(8-18-20)19-10(3)11-4-6-12(17)7-5-11/h4-10,19H,1-3H3. The van der Waals surface area contributed by atoms with Gasteiger partial charge in [-0.05, 0) is 54.4 Å². The van der Waals surface area contributed by atoms with Crippen LogP contribution >= 0.6 is 15.9 Å². The van der Waals surface area contributed by atoms with Crippen molar-refractivity contribution >= 4 is 21.6 Å². The molecule has 0 aliphatic carbocycles. The van der Waals surface area contributed by atoms with Gasteiger partial charge < -0.3 is 5.32 Å². The third-order valence-electron chi connectivity index (χ3n) is 3.17. The van der Waals surface area contributed by atoms with Crippen molar-refractivity contribution in [3.8, 4) is 0 Å². The van der Waals surface area contributed by atoms with Crippen LogP contribution in [0.15, 0.2) is 39.7 Å². The molecule has 0 amide bonds. The quantitative estimate of drug-likeness (QED) is 0.906. The summed E-state index contributed by atoms with van der Waals surface area (Å²) in [5, 5.41) is 7.36. The first-order chi connectivity index (χ1) is 9.90. The van der Waals surface area contributed by atoms with Gasteiger partial charge in [-0.3, -0.25) is 4.79 Å². The van der Waals surface area contributed by atoms with Crippen molar-refractivity contribution in [2.75, 3.05) is 5.32 Å². The molecule has 0 aliphatic rings. The van der Waals surface area contributed by atoms with Crippen LogP contribution in [0.3, 0.4) is 0 Å². The topological polar surface area (TPSA) is 46.9 Å². The smallest absolute Gasteiger partial charge is 0.283 e. The van der Waals surface area contributed by atoms with Gasteiger partial charge in [-0.25, -0.2) is 9.07 Å². The van der Waals surface area contributed by atoms with Crippen molar-refractivity contribution in [2.24, 2.45) is 0 Å². The molecule has 2 aromatic rings. The summed E-state index contributed by atoms with van der Waals surface area (Å²) in [4.78, 5) is 12.2. The Morgan fingerprint density at radius 3 is 2.43 bits per heavy atom. The molecule has 2 rings (SSSR count). The summed E-state index contributed by atoms with van der Waals surface area (Å²) in [5.74, 6) is -0.270. The molecule has 0 spiro atoms. The van der Waals surface area contributed by atoms with Gasteiger partial charge in [-0.1, -0.05) is 12.1 Å². The van der Waals surface area contributed by atoms with E-state index >= 15 is 0 Å². The molecule has 1 N–H and O–H groups in total. The second-order valence-electron chi connectivity index (χ2n) is 5.13. The molecule has 6 heteroatoms. The van der Waals surface area contributed by atoms with Gasteiger partial charge in [0.25, 0.3) is 5.56 Å². The van der Waals surface area contributed by atoms with Crippen molar-refractivity contribution in [3.63, 3.8) is 0 Å². The number of benzene rings is 1. The first kappa shape index (κ1) is 15.7. The van der Waals surface area contributed by atoms with E-state index in [0.29, 0.717) is 10.2 Å². The van der Waals surface area contributed by atoms with E-state index in [1.54, 1.807) is 18.3 Å². The Morgan fingerprint density at radius 1 is 1.24 bits per heavy atom. The van der Waals surface area contributed by atoms with Gasteiger partial charge in [-0.15, -0.1) is 0 Å². The highest BCUT2D eigenvalue weighted by Crippen LogP contribution is 2.23. The summed E-state index contributed by atoms with van der Waals surface area (Å²) >= 11 is 3.32. The normalized spacial score (nSPS) is 12.5. The monoisotopic (exact) mass is 353 g/mol. The lowest BCUT2D eigenvalue weighted by Crippen LogP contribution is -2.26. The average molecular weight is 354 g/mol. The molecule has 1 atom stereocenters. The van der Waals surface area contributed by atoms with Gasteiger partial charge >= 0.3 is 0 Å². The minimum absolute atomic E-state index is 0.00243. The molecular formula is C15H17BrFN3O. The van der Waals surface area contributed by atoms with E-state index in [2.05, 4.69) is 26.3 Å². The van der Waals surface area contributed by atoms with Crippen molar-refractivity contribution in [1.82, 2.24) is 9.78 Å². The number of nitrogens with zero attached hydrogens (tertiary/aromatic N) is 2. The minimum Gasteiger partial charge on any atom is -0.376 e. The largest absolute Gasteiger partial charge is 0.376 e. The highest BCUT2D eigenvalue weighted by molar-refractivity contribution is 9.10. The SMILES string of the molecule is CC(Nc1cnn(C(C)C)c(=O)c1Br)c1ccc(F)cc1. The molecule has 0 saturated heterocycles. The number of aromatic nitrogens is 2. The first-order valence-electron chi connectivity index (χ1n) is 6.69. The number of hydrogen-bond donors (Lipinski definition) is 1. The zero-order chi connectivity index (χ0) is 15.6. The molecule has 4 nitrogen and oxygen atoms in total. The highest BCUT2D eigenvalue weighted by atomic mass is 79.9. The maximum atomic E-state index is 12.9. The van der Waals surface area contributed by atoms with Crippen LogP contribution in [0.4, 0.5) is 10.1 Å². The Balaban J connectivity index is 2.26. The van der Waals surface area contributed by atoms with Crippen molar-refractivity contribution < 1.29 is 4.39 Å². The number of hydrogen-bond acceptors (Lipinski definition) is 3. The third kappa shape index (κ3) is 3.50. The van der Waals surface area contributed by atoms with Crippen molar-refractivity contribution in [3.05, 3.63) is 56.7 Å². The molecule has 1 heterocycles. The Bertz CT molecular complexity index is 682. The average Bonchev–Trinajstić information content (AvgIpc) is 2.44. The fourth-order valence-corrected chi connectivity index (χ4v) is 2.38. The molecule has 0 saturated carbocycles. The Labute approximate surface area is 131 Å². The van der Waals surface area contributed by atoms with E-state index in [1.165, 1.54) is 16.8 Å². The summed E-state index contributed by atoms with van der Waals surface area (Å²) < 4.78 is 14.8. The molecule has 1 aromatic heterocycles. The van der Waals surface area contributed by atoms with Crippen molar-refractivity contribution in [1.29, 1.82) is 0 Å². The molecule has 112 valence electrons. The summed E-state index contributed by atoms with van der Waals surface area (Å²) in [6, 6.07) is 6.18. The van der Waals surface area contributed by atoms with Crippen LogP contribution in [-0.4, -0.2) is 9.78 Å². The van der Waals surface area contributed by atoms with E-state index in [0.717, 1.165) is 5.56 Å². The zero-order valence-electron chi connectivity index (χ0n) is 12.1. The predicted octanol–water partition coefficient (Wildman–Crippen LogP) is 3.90. The number of halogens is 2. The second kappa shape index (κ2) is 6.39. The Morgan fingerprint density at radius 2 is 1.86 bits per heavy atom. The van der Waals surface area contributed by atoms with Crippen LogP contribution in [0.1, 0.15) is 38.4 Å². The molecular weight excluding hydrogens is 337 g/mol. The van der Waals surface area contributed by atoms with Crippen LogP contribution in [0.5, 0.6) is 0 Å². The second-order valence-corrected chi connectivity index (χ2v) is 5.93. The molecule has 21 heavy (non-hydrogen) atoms. The minimum atomic E-state index is -0.270. The molecule has 0 bridgehead atoms. The fraction of sp³-hybridized carbons (Fsp3) is 0.333. The van der Waals surface area contributed by atoms with Gasteiger partial charge in [0.2, 0.25) is 0 Å². The van der Waals surface area contributed by atoms with Gasteiger partial charge in [0.1, 0.15) is 10.3 Å². The van der Waals surface area contributed by atoms with Gasteiger partial charge in [0.15, 0.2) is 0 Å². The molecule has 0 aliphatic heterocycles. The molecule has 0 radical (unpaired) electrons. The Hall–Kier alpha value is -1.69. The summed E-state index contributed by atoms with van der Waals surface area (Å²) in [7, 11) is 0. The number of nitrogens with one attached hydrogen (secondary N) is 1. The van der Waals surface area contributed by atoms with E-state index in [-0.39, 0.29) is 23.5 Å². The lowest BCUT2D eigenvalue weighted by molar-refractivity contribution is 0.501. The first-order valence-corrected chi connectivity index (χ1v) is 7.48. The summed E-state index contributed by atoms with van der Waals surface area (Å²) in [6.07, 6.45) is 1.62. The third-order valence-corrected chi connectivity index (χ3v) is 3.94. The van der Waals surface area contributed by atoms with Gasteiger partial charge in [-0.2, -0.15) is 5.10 Å². The summed E-state index contributed by atoms with van der Waals surface area (Å²) in [6.45, 7) is 5.73. The van der Waals surface area contributed by atoms with Crippen LogP contribution in [-0.2, 0) is 0 Å². The molecule has 0 fully saturated rings. The number of rotatable bonds is 4. The van der Waals surface area contributed by atoms with Crippen LogP contribution in [0, 0.1) is 5.82 Å². The van der Waals surface area contributed by atoms with Gasteiger partial charge in [0, 0.05) is 6.04 Å². The predicted molar refractivity (Wildman–Crippen MR) is 85.0 cm³/mol.